The number of ether oxygens (including phenoxy) is 3. The zero-order valence-electron chi connectivity index (χ0n) is 21.7. The van der Waals surface area contributed by atoms with Gasteiger partial charge >= 0.3 is 6.09 Å². The number of rotatable bonds is 8. The molecule has 0 atom stereocenters. The van der Waals surface area contributed by atoms with E-state index in [4.69, 9.17) is 19.3 Å². The molecule has 2 aliphatic heterocycles. The molecule has 3 fully saturated rings. The smallest absolute Gasteiger partial charge is 0.404 e. The highest BCUT2D eigenvalue weighted by atomic mass is 16.5. The van der Waals surface area contributed by atoms with Crippen LogP contribution in [-0.2, 0) is 10.2 Å². The highest BCUT2D eigenvalue weighted by Crippen LogP contribution is 2.40. The van der Waals surface area contributed by atoms with Crippen molar-refractivity contribution in [3.8, 4) is 17.2 Å². The van der Waals surface area contributed by atoms with E-state index < -0.39 is 6.09 Å². The molecule has 38 heavy (non-hydrogen) atoms. The van der Waals surface area contributed by atoms with E-state index in [0.29, 0.717) is 18.3 Å². The van der Waals surface area contributed by atoms with Crippen LogP contribution in [0.1, 0.15) is 37.8 Å². The van der Waals surface area contributed by atoms with Gasteiger partial charge in [0.15, 0.2) is 0 Å². The molecule has 0 unspecified atom stereocenters. The van der Waals surface area contributed by atoms with Gasteiger partial charge in [0.25, 0.3) is 0 Å². The maximum absolute atomic E-state index is 10.7. The van der Waals surface area contributed by atoms with Gasteiger partial charge in [0.1, 0.15) is 29.2 Å². The molecule has 3 aliphatic rings. The molecule has 2 N–H and O–H groups in total. The van der Waals surface area contributed by atoms with Gasteiger partial charge in [0.2, 0.25) is 0 Å². The van der Waals surface area contributed by atoms with Crippen LogP contribution in [0.5, 0.6) is 17.2 Å². The van der Waals surface area contributed by atoms with Gasteiger partial charge in [-0.2, -0.15) is 0 Å². The Bertz CT molecular complexity index is 1270. The Morgan fingerprint density at radius 3 is 2.11 bits per heavy atom. The number of hydrogen-bond donors (Lipinski definition) is 2. The number of anilines is 1. The van der Waals surface area contributed by atoms with Crippen LogP contribution in [0.25, 0.3) is 0 Å². The predicted octanol–water partition coefficient (Wildman–Crippen LogP) is 5.21. The molecule has 2 aromatic carbocycles. The van der Waals surface area contributed by atoms with E-state index in [1.165, 1.54) is 11.1 Å². The van der Waals surface area contributed by atoms with Crippen molar-refractivity contribution in [2.24, 2.45) is 5.41 Å². The molecule has 0 bridgehead atoms. The predicted molar refractivity (Wildman–Crippen MR) is 143 cm³/mol. The molecule has 1 aliphatic carbocycles. The van der Waals surface area contributed by atoms with Crippen LogP contribution >= 0.6 is 0 Å². The molecule has 8 heteroatoms. The van der Waals surface area contributed by atoms with Crippen LogP contribution in [-0.4, -0.2) is 54.6 Å². The average Bonchev–Trinajstić information content (AvgIpc) is 2.82. The molecular weight excluding hydrogens is 482 g/mol. The molecule has 3 heterocycles. The summed E-state index contributed by atoms with van der Waals surface area (Å²) in [4.78, 5) is 17.6. The van der Waals surface area contributed by atoms with E-state index in [1.54, 1.807) is 6.20 Å². The summed E-state index contributed by atoms with van der Waals surface area (Å²) in [5.41, 5.74) is 2.52. The molecular formula is C30H33N3O5. The monoisotopic (exact) mass is 515 g/mol. The molecule has 1 spiro atoms. The van der Waals surface area contributed by atoms with Crippen molar-refractivity contribution in [2.75, 3.05) is 31.2 Å². The Morgan fingerprint density at radius 1 is 0.974 bits per heavy atom. The van der Waals surface area contributed by atoms with Crippen molar-refractivity contribution >= 4 is 11.9 Å². The minimum absolute atomic E-state index is 0.0148. The lowest BCUT2D eigenvalue weighted by Gasteiger charge is -2.55. The molecule has 1 saturated carbocycles. The van der Waals surface area contributed by atoms with Gasteiger partial charge in [-0.05, 0) is 47.5 Å². The normalized spacial score (nSPS) is 21.6. The van der Waals surface area contributed by atoms with E-state index in [-0.39, 0.29) is 17.6 Å². The van der Waals surface area contributed by atoms with Gasteiger partial charge in [-0.1, -0.05) is 38.1 Å². The first kappa shape index (κ1) is 24.6. The van der Waals surface area contributed by atoms with Crippen LogP contribution in [0, 0.1) is 5.41 Å². The number of pyridine rings is 1. The van der Waals surface area contributed by atoms with Crippen molar-refractivity contribution in [1.82, 2.24) is 10.3 Å². The SMILES string of the molecule is CC(C)(c1ccc(Oc2ccc(N3CC4(COC4)C3)nc2)cc1)c1ccc(OC2CC(NC(=O)O)C2)cc1. The van der Waals surface area contributed by atoms with Gasteiger partial charge < -0.3 is 29.5 Å². The number of carbonyl (C=O) groups is 1. The minimum atomic E-state index is -0.981. The third-order valence-corrected chi connectivity index (χ3v) is 8.03. The van der Waals surface area contributed by atoms with Crippen LogP contribution < -0.4 is 19.7 Å². The zero-order chi connectivity index (χ0) is 26.3. The third-order valence-electron chi connectivity index (χ3n) is 8.03. The topological polar surface area (TPSA) is 93.2 Å². The van der Waals surface area contributed by atoms with E-state index >= 15 is 0 Å². The average molecular weight is 516 g/mol. The Kier molecular flexibility index (Phi) is 6.14. The highest BCUT2D eigenvalue weighted by Gasteiger charge is 2.49. The Hall–Kier alpha value is -3.78. The van der Waals surface area contributed by atoms with Gasteiger partial charge in [-0.15, -0.1) is 0 Å². The summed E-state index contributed by atoms with van der Waals surface area (Å²) in [5.74, 6) is 3.27. The number of hydrogen-bond acceptors (Lipinski definition) is 6. The van der Waals surface area contributed by atoms with Crippen molar-refractivity contribution in [3.05, 3.63) is 78.0 Å². The maximum Gasteiger partial charge on any atom is 0.404 e. The fourth-order valence-electron chi connectivity index (χ4n) is 5.46. The van der Waals surface area contributed by atoms with Crippen LogP contribution in [0.2, 0.25) is 0 Å². The van der Waals surface area contributed by atoms with Gasteiger partial charge in [-0.3, -0.25) is 0 Å². The van der Waals surface area contributed by atoms with Gasteiger partial charge in [0, 0.05) is 37.4 Å². The van der Waals surface area contributed by atoms with E-state index in [9.17, 15) is 4.79 Å². The largest absolute Gasteiger partial charge is 0.490 e. The number of carboxylic acid groups (broad SMARTS) is 1. The quantitative estimate of drug-likeness (QED) is 0.425. The third kappa shape index (κ3) is 4.88. The van der Waals surface area contributed by atoms with Crippen molar-refractivity contribution in [3.63, 3.8) is 0 Å². The summed E-state index contributed by atoms with van der Waals surface area (Å²) < 4.78 is 17.4. The second kappa shape index (κ2) is 9.51. The molecule has 8 nitrogen and oxygen atoms in total. The summed E-state index contributed by atoms with van der Waals surface area (Å²) in [5, 5.41) is 11.3. The van der Waals surface area contributed by atoms with Gasteiger partial charge in [-0.25, -0.2) is 9.78 Å². The van der Waals surface area contributed by atoms with Crippen molar-refractivity contribution in [1.29, 1.82) is 0 Å². The molecule has 0 radical (unpaired) electrons. The number of benzene rings is 2. The second-order valence-corrected chi connectivity index (χ2v) is 11.3. The lowest BCUT2D eigenvalue weighted by molar-refractivity contribution is -0.127. The molecule has 1 amide bonds. The molecule has 1 aromatic heterocycles. The summed E-state index contributed by atoms with van der Waals surface area (Å²) >= 11 is 0. The van der Waals surface area contributed by atoms with Crippen molar-refractivity contribution < 1.29 is 24.1 Å². The summed E-state index contributed by atoms with van der Waals surface area (Å²) in [6, 6.07) is 20.3. The lowest BCUT2D eigenvalue weighted by Crippen LogP contribution is -2.66. The summed E-state index contributed by atoms with van der Waals surface area (Å²) in [6.07, 6.45) is 2.25. The number of nitrogens with zero attached hydrogens (tertiary/aromatic N) is 2. The zero-order valence-corrected chi connectivity index (χ0v) is 21.7. The summed E-state index contributed by atoms with van der Waals surface area (Å²) in [7, 11) is 0. The number of aromatic nitrogens is 1. The fourth-order valence-corrected chi connectivity index (χ4v) is 5.46. The first-order chi connectivity index (χ1) is 18.3. The summed E-state index contributed by atoms with van der Waals surface area (Å²) in [6.45, 7) is 8.17. The number of nitrogens with one attached hydrogen (secondary N) is 1. The first-order valence-corrected chi connectivity index (χ1v) is 13.1. The Labute approximate surface area is 222 Å². The van der Waals surface area contributed by atoms with Gasteiger partial charge in [0.05, 0.1) is 24.8 Å². The Morgan fingerprint density at radius 2 is 1.58 bits per heavy atom. The standard InChI is InChI=1S/C30H33N3O5/c1-29(2,21-5-9-24(10-6-21)38-26-13-22(14-26)32-28(34)35)20-3-7-23(8-4-20)37-25-11-12-27(31-15-25)33-16-30(17-33)18-36-19-30/h3-12,15,22,26,32H,13-14,16-19H2,1-2H3,(H,34,35). The second-order valence-electron chi connectivity index (χ2n) is 11.3. The van der Waals surface area contributed by atoms with E-state index in [1.807, 2.05) is 36.4 Å². The number of amides is 1. The molecule has 6 rings (SSSR count). The Balaban J connectivity index is 1.03. The fraction of sp³-hybridized carbons (Fsp3) is 0.400. The van der Waals surface area contributed by atoms with E-state index in [2.05, 4.69) is 53.3 Å². The van der Waals surface area contributed by atoms with Crippen LogP contribution in [0.15, 0.2) is 66.9 Å². The molecule has 198 valence electrons. The first-order valence-electron chi connectivity index (χ1n) is 13.1. The maximum atomic E-state index is 10.7. The van der Waals surface area contributed by atoms with Crippen LogP contribution in [0.4, 0.5) is 10.6 Å². The molecule has 2 saturated heterocycles. The highest BCUT2D eigenvalue weighted by molar-refractivity contribution is 5.65. The lowest BCUT2D eigenvalue weighted by atomic mass is 9.78. The molecule has 3 aromatic rings. The van der Waals surface area contributed by atoms with Crippen molar-refractivity contribution in [2.45, 2.75) is 44.2 Å². The minimum Gasteiger partial charge on any atom is -0.490 e. The van der Waals surface area contributed by atoms with Crippen LogP contribution in [0.3, 0.4) is 0 Å². The van der Waals surface area contributed by atoms with E-state index in [0.717, 1.165) is 49.4 Å².